The maximum Gasteiger partial charge on any atom is 0.0575 e. The van der Waals surface area contributed by atoms with Gasteiger partial charge in [0.1, 0.15) is 0 Å². The van der Waals surface area contributed by atoms with Gasteiger partial charge in [0, 0.05) is 12.7 Å². The van der Waals surface area contributed by atoms with E-state index in [0.29, 0.717) is 6.04 Å². The molecule has 1 fully saturated rings. The van der Waals surface area contributed by atoms with Gasteiger partial charge in [-0.3, -0.25) is 9.88 Å². The Bertz CT molecular complexity index is 495. The monoisotopic (exact) mass is 252 g/mol. The van der Waals surface area contributed by atoms with E-state index in [0.717, 1.165) is 13.0 Å². The van der Waals surface area contributed by atoms with E-state index in [1.54, 1.807) is 0 Å². The topological polar surface area (TPSA) is 16.1 Å². The van der Waals surface area contributed by atoms with E-state index in [1.165, 1.54) is 30.6 Å². The second-order valence-corrected chi connectivity index (χ2v) is 5.18. The molecule has 1 aromatic heterocycles. The first-order valence-electron chi connectivity index (χ1n) is 7.12. The Morgan fingerprint density at radius 1 is 1.05 bits per heavy atom. The highest BCUT2D eigenvalue weighted by Crippen LogP contribution is 2.30. The van der Waals surface area contributed by atoms with Crippen LogP contribution in [0.25, 0.3) is 0 Å². The van der Waals surface area contributed by atoms with Gasteiger partial charge in [-0.15, -0.1) is 0 Å². The molecule has 0 amide bonds. The Morgan fingerprint density at radius 2 is 1.89 bits per heavy atom. The van der Waals surface area contributed by atoms with Crippen molar-refractivity contribution in [3.05, 3.63) is 66.0 Å². The number of pyridine rings is 1. The normalized spacial score (nSPS) is 19.7. The second kappa shape index (κ2) is 5.98. The van der Waals surface area contributed by atoms with Crippen molar-refractivity contribution in [1.82, 2.24) is 9.88 Å². The van der Waals surface area contributed by atoms with Crippen molar-refractivity contribution < 1.29 is 0 Å². The molecular formula is C17H20N2. The maximum absolute atomic E-state index is 4.52. The van der Waals surface area contributed by atoms with E-state index in [1.807, 2.05) is 12.3 Å². The van der Waals surface area contributed by atoms with Crippen molar-refractivity contribution in [3.63, 3.8) is 0 Å². The zero-order chi connectivity index (χ0) is 12.9. The van der Waals surface area contributed by atoms with Crippen molar-refractivity contribution in [2.75, 3.05) is 13.1 Å². The van der Waals surface area contributed by atoms with Crippen LogP contribution in [0.2, 0.25) is 0 Å². The molecule has 0 radical (unpaired) electrons. The van der Waals surface area contributed by atoms with E-state index >= 15 is 0 Å². The molecule has 0 saturated carbocycles. The molecule has 0 N–H and O–H groups in total. The lowest BCUT2D eigenvalue weighted by Crippen LogP contribution is -2.26. The lowest BCUT2D eigenvalue weighted by molar-refractivity contribution is 0.256. The average Bonchev–Trinajstić information content (AvgIpc) is 2.95. The van der Waals surface area contributed by atoms with E-state index < -0.39 is 0 Å². The summed E-state index contributed by atoms with van der Waals surface area (Å²) in [6.45, 7) is 2.33. The third kappa shape index (κ3) is 3.02. The Balaban J connectivity index is 1.64. The maximum atomic E-state index is 4.52. The van der Waals surface area contributed by atoms with Crippen LogP contribution in [0, 0.1) is 0 Å². The molecule has 1 aromatic carbocycles. The predicted octanol–water partition coefficient (Wildman–Crippen LogP) is 3.46. The van der Waals surface area contributed by atoms with Crippen molar-refractivity contribution in [2.45, 2.75) is 25.3 Å². The number of rotatable bonds is 4. The van der Waals surface area contributed by atoms with Crippen LogP contribution in [0.5, 0.6) is 0 Å². The molecule has 1 aliphatic rings. The molecule has 0 unspecified atom stereocenters. The summed E-state index contributed by atoms with van der Waals surface area (Å²) in [5, 5.41) is 0. The van der Waals surface area contributed by atoms with Gasteiger partial charge < -0.3 is 0 Å². The molecule has 3 rings (SSSR count). The molecule has 1 saturated heterocycles. The summed E-state index contributed by atoms with van der Waals surface area (Å²) in [7, 11) is 0. The summed E-state index contributed by atoms with van der Waals surface area (Å²) in [4.78, 5) is 7.10. The van der Waals surface area contributed by atoms with Gasteiger partial charge in [0.05, 0.1) is 11.7 Å². The number of nitrogens with zero attached hydrogens (tertiary/aromatic N) is 2. The van der Waals surface area contributed by atoms with Crippen LogP contribution < -0.4 is 0 Å². The van der Waals surface area contributed by atoms with Crippen molar-refractivity contribution in [1.29, 1.82) is 0 Å². The largest absolute Gasteiger partial charge is 0.294 e. The van der Waals surface area contributed by atoms with E-state index in [2.05, 4.69) is 52.3 Å². The summed E-state index contributed by atoms with van der Waals surface area (Å²) in [6.07, 6.45) is 5.56. The fraction of sp³-hybridized carbons (Fsp3) is 0.353. The van der Waals surface area contributed by atoms with Gasteiger partial charge in [-0.25, -0.2) is 0 Å². The molecule has 98 valence electrons. The molecule has 2 aromatic rings. The molecule has 0 bridgehead atoms. The lowest BCUT2D eigenvalue weighted by atomic mass is 10.1. The second-order valence-electron chi connectivity index (χ2n) is 5.18. The van der Waals surface area contributed by atoms with Gasteiger partial charge >= 0.3 is 0 Å². The zero-order valence-corrected chi connectivity index (χ0v) is 11.2. The smallest absolute Gasteiger partial charge is 0.0575 e. The SMILES string of the molecule is c1ccc(CCN2CCC[C@H]2c2ccccn2)cc1. The Kier molecular flexibility index (Phi) is 3.89. The van der Waals surface area contributed by atoms with Gasteiger partial charge in [0.25, 0.3) is 0 Å². The first-order chi connectivity index (χ1) is 9.43. The minimum atomic E-state index is 0.518. The fourth-order valence-corrected chi connectivity index (χ4v) is 2.92. The van der Waals surface area contributed by atoms with Gasteiger partial charge in [0.15, 0.2) is 0 Å². The number of hydrogen-bond acceptors (Lipinski definition) is 2. The fourth-order valence-electron chi connectivity index (χ4n) is 2.92. The molecule has 2 nitrogen and oxygen atoms in total. The predicted molar refractivity (Wildman–Crippen MR) is 77.9 cm³/mol. The third-order valence-electron chi connectivity index (χ3n) is 3.92. The van der Waals surface area contributed by atoms with Crippen LogP contribution >= 0.6 is 0 Å². The van der Waals surface area contributed by atoms with Crippen molar-refractivity contribution >= 4 is 0 Å². The Morgan fingerprint density at radius 3 is 2.68 bits per heavy atom. The minimum absolute atomic E-state index is 0.518. The molecule has 0 spiro atoms. The summed E-state index contributed by atoms with van der Waals surface area (Å²) < 4.78 is 0. The molecule has 0 aliphatic carbocycles. The first-order valence-corrected chi connectivity index (χ1v) is 7.12. The lowest BCUT2D eigenvalue weighted by Gasteiger charge is -2.23. The van der Waals surface area contributed by atoms with Gasteiger partial charge in [-0.05, 0) is 43.5 Å². The van der Waals surface area contributed by atoms with Crippen LogP contribution in [0.3, 0.4) is 0 Å². The highest BCUT2D eigenvalue weighted by Gasteiger charge is 2.26. The number of benzene rings is 1. The first kappa shape index (κ1) is 12.4. The third-order valence-corrected chi connectivity index (χ3v) is 3.92. The van der Waals surface area contributed by atoms with Crippen molar-refractivity contribution in [2.24, 2.45) is 0 Å². The Labute approximate surface area is 115 Å². The summed E-state index contributed by atoms with van der Waals surface area (Å²) >= 11 is 0. The van der Waals surface area contributed by atoms with E-state index in [4.69, 9.17) is 0 Å². The zero-order valence-electron chi connectivity index (χ0n) is 11.2. The molecule has 1 atom stereocenters. The van der Waals surface area contributed by atoms with Crippen LogP contribution in [0.4, 0.5) is 0 Å². The average molecular weight is 252 g/mol. The molecule has 19 heavy (non-hydrogen) atoms. The summed E-state index contributed by atoms with van der Waals surface area (Å²) in [6, 6.07) is 17.5. The van der Waals surface area contributed by atoms with Crippen molar-refractivity contribution in [3.8, 4) is 0 Å². The molecule has 2 heteroatoms. The quantitative estimate of drug-likeness (QED) is 0.828. The standard InChI is InChI=1S/C17H20N2/c1-2-7-15(8-3-1)11-14-19-13-6-10-17(19)16-9-4-5-12-18-16/h1-5,7-9,12,17H,6,10-11,13-14H2/t17-/m0/s1. The van der Waals surface area contributed by atoms with Crippen LogP contribution in [0.15, 0.2) is 54.7 Å². The molecular weight excluding hydrogens is 232 g/mol. The van der Waals surface area contributed by atoms with Crippen LogP contribution in [-0.4, -0.2) is 23.0 Å². The molecule has 1 aliphatic heterocycles. The van der Waals surface area contributed by atoms with Crippen LogP contribution in [0.1, 0.15) is 30.1 Å². The van der Waals surface area contributed by atoms with Gasteiger partial charge in [0.2, 0.25) is 0 Å². The van der Waals surface area contributed by atoms with Gasteiger partial charge in [-0.1, -0.05) is 36.4 Å². The van der Waals surface area contributed by atoms with Gasteiger partial charge in [-0.2, -0.15) is 0 Å². The summed E-state index contributed by atoms with van der Waals surface area (Å²) in [5.41, 5.74) is 2.65. The number of aromatic nitrogens is 1. The summed E-state index contributed by atoms with van der Waals surface area (Å²) in [5.74, 6) is 0. The van der Waals surface area contributed by atoms with Crippen LogP contribution in [-0.2, 0) is 6.42 Å². The Hall–Kier alpha value is -1.67. The van der Waals surface area contributed by atoms with E-state index in [-0.39, 0.29) is 0 Å². The number of hydrogen-bond donors (Lipinski definition) is 0. The number of likely N-dealkylation sites (tertiary alicyclic amines) is 1. The highest BCUT2D eigenvalue weighted by atomic mass is 15.2. The van der Waals surface area contributed by atoms with E-state index in [9.17, 15) is 0 Å². The minimum Gasteiger partial charge on any atom is -0.294 e. The molecule has 2 heterocycles. The highest BCUT2D eigenvalue weighted by molar-refractivity contribution is 5.15.